The number of Topliss-reactive ketones (excluding diaryl/α,β-unsaturated/α-hetero) is 1. The van der Waals surface area contributed by atoms with Crippen LogP contribution in [0.2, 0.25) is 0 Å². The van der Waals surface area contributed by atoms with Gasteiger partial charge in [0.05, 0.1) is 41.4 Å². The van der Waals surface area contributed by atoms with Crippen molar-refractivity contribution in [2.24, 2.45) is 16.7 Å². The molecule has 2 N–H and O–H groups in total. The minimum Gasteiger partial charge on any atom is -0.465 e. The van der Waals surface area contributed by atoms with Gasteiger partial charge in [0.25, 0.3) is 0 Å². The summed E-state index contributed by atoms with van der Waals surface area (Å²) >= 11 is 6.31. The van der Waals surface area contributed by atoms with Crippen molar-refractivity contribution in [3.05, 3.63) is 95.8 Å². The molecule has 2 saturated heterocycles. The maximum Gasteiger partial charge on any atom is 0.338 e. The number of ether oxygens (including phenoxy) is 4. The molecular weight excluding hydrogens is 775 g/mol. The number of allylic oxidation sites excluding steroid dienone is 1. The van der Waals surface area contributed by atoms with E-state index in [1.165, 1.54) is 0 Å². The normalized spacial score (nSPS) is 41.0. The summed E-state index contributed by atoms with van der Waals surface area (Å²) < 4.78 is 26.5. The number of carbonyl (C=O) groups is 2. The Morgan fingerprint density at radius 3 is 2.00 bits per heavy atom. The largest absolute Gasteiger partial charge is 0.465 e. The van der Waals surface area contributed by atoms with E-state index >= 15 is 4.79 Å². The molecule has 3 aliphatic carbocycles. The van der Waals surface area contributed by atoms with Gasteiger partial charge >= 0.3 is 5.97 Å². The molecular formula is C42H43NO8S4. The van der Waals surface area contributed by atoms with E-state index in [1.54, 1.807) is 71.3 Å². The van der Waals surface area contributed by atoms with E-state index in [2.05, 4.69) is 17.0 Å². The van der Waals surface area contributed by atoms with E-state index in [0.29, 0.717) is 17.6 Å². The van der Waals surface area contributed by atoms with Gasteiger partial charge in [-0.1, -0.05) is 110 Å². The van der Waals surface area contributed by atoms with Crippen LogP contribution in [0.3, 0.4) is 0 Å². The number of thioether (sulfide) groups is 4. The Labute approximate surface area is 337 Å². The molecule has 4 fully saturated rings. The Kier molecular flexibility index (Phi) is 8.39. The smallest absolute Gasteiger partial charge is 0.338 e. The molecule has 2 bridgehead atoms. The standard InChI is InChI=1S/C42H43NO8S4/c1-22-24(44)20-41(47)35(51-34(46)23-13-7-6-8-14-23)42-39(4,33(45)32(31(22)38(41,2)3)50-37-54-27-17-11-12-18-28(27)55-37)29(19-30-40(42,21-48-30)43(42)5)49-36-52-25-15-9-10-16-26(25)53-36/h6-18,22,24,29-30,35-37,44,47H,19-21H2,1-5H3/b32-31+. The number of aliphatic hydroxyl groups excluding tert-OH is 1. The molecule has 288 valence electrons. The van der Waals surface area contributed by atoms with Crippen LogP contribution in [0.5, 0.6) is 0 Å². The van der Waals surface area contributed by atoms with Crippen LogP contribution in [0.1, 0.15) is 50.9 Å². The molecule has 3 aromatic rings. The molecule has 13 heteroatoms. The van der Waals surface area contributed by atoms with Gasteiger partial charge in [0.1, 0.15) is 11.1 Å². The fourth-order valence-electron chi connectivity index (χ4n) is 11.1. The molecule has 4 aliphatic heterocycles. The number of nitrogens with zero attached hydrogens (tertiary/aromatic N) is 1. The zero-order valence-corrected chi connectivity index (χ0v) is 34.4. The van der Waals surface area contributed by atoms with E-state index < -0.39 is 62.5 Å². The van der Waals surface area contributed by atoms with Crippen LogP contribution < -0.4 is 0 Å². The highest BCUT2D eigenvalue weighted by atomic mass is 32.2. The van der Waals surface area contributed by atoms with Crippen molar-refractivity contribution in [2.75, 3.05) is 13.7 Å². The lowest BCUT2D eigenvalue weighted by Crippen LogP contribution is -2.78. The van der Waals surface area contributed by atoms with Crippen molar-refractivity contribution in [1.82, 2.24) is 4.90 Å². The molecule has 10 atom stereocenters. The predicted octanol–water partition coefficient (Wildman–Crippen LogP) is 7.20. The van der Waals surface area contributed by atoms with Gasteiger partial charge in [0.2, 0.25) is 5.78 Å². The molecule has 55 heavy (non-hydrogen) atoms. The number of esters is 1. The number of hydrogen-bond donors (Lipinski definition) is 2. The highest BCUT2D eigenvalue weighted by Gasteiger charge is 2.96. The van der Waals surface area contributed by atoms with Crippen LogP contribution in [0, 0.1) is 16.7 Å². The van der Waals surface area contributed by atoms with E-state index in [9.17, 15) is 15.0 Å². The summed E-state index contributed by atoms with van der Waals surface area (Å²) in [7, 11) is 1.95. The maximum atomic E-state index is 16.3. The summed E-state index contributed by atoms with van der Waals surface area (Å²) in [6, 6.07) is 25.0. The molecule has 10 rings (SSSR count). The van der Waals surface area contributed by atoms with Crippen LogP contribution in [0.15, 0.2) is 110 Å². The number of carbonyl (C=O) groups excluding carboxylic acids is 2. The van der Waals surface area contributed by atoms with Crippen LogP contribution in [-0.4, -0.2) is 91.2 Å². The number of likely N-dealkylation sites (tertiary alicyclic amines) is 1. The minimum atomic E-state index is -1.86. The summed E-state index contributed by atoms with van der Waals surface area (Å²) in [4.78, 5) is 37.2. The Hall–Kier alpha value is -2.46. The number of ketones is 1. The lowest BCUT2D eigenvalue weighted by molar-refractivity contribution is -0.241. The fourth-order valence-corrected chi connectivity index (χ4v) is 16.1. The number of likely N-dealkylation sites (N-methyl/N-ethyl adjacent to an activating group) is 1. The van der Waals surface area contributed by atoms with Gasteiger partial charge in [-0.3, -0.25) is 9.69 Å². The third kappa shape index (κ3) is 4.73. The second kappa shape index (κ2) is 12.5. The molecule has 4 heterocycles. The van der Waals surface area contributed by atoms with E-state index in [4.69, 9.17) is 18.9 Å². The first-order chi connectivity index (χ1) is 26.3. The molecule has 0 aromatic heterocycles. The summed E-state index contributed by atoms with van der Waals surface area (Å²) in [5, 5.41) is 25.7. The molecule has 10 unspecified atom stereocenters. The lowest BCUT2D eigenvalue weighted by Gasteiger charge is -2.63. The zero-order chi connectivity index (χ0) is 38.3. The van der Waals surface area contributed by atoms with Crippen LogP contribution >= 0.6 is 47.0 Å². The van der Waals surface area contributed by atoms with Crippen LogP contribution in [0.4, 0.5) is 0 Å². The predicted molar refractivity (Wildman–Crippen MR) is 212 cm³/mol. The first-order valence-electron chi connectivity index (χ1n) is 18.8. The Bertz CT molecular complexity index is 2100. The average Bonchev–Trinajstić information content (AvgIpc) is 3.41. The van der Waals surface area contributed by atoms with Crippen LogP contribution in [-0.2, 0) is 23.7 Å². The fraction of sp³-hybridized carbons (Fsp3) is 0.476. The van der Waals surface area contributed by atoms with Crippen molar-refractivity contribution in [3.8, 4) is 0 Å². The number of benzene rings is 3. The Morgan fingerprint density at radius 1 is 0.873 bits per heavy atom. The summed E-state index contributed by atoms with van der Waals surface area (Å²) in [5.74, 6) is -1.29. The highest BCUT2D eigenvalue weighted by Crippen LogP contribution is 2.77. The maximum absolute atomic E-state index is 16.3. The van der Waals surface area contributed by atoms with Gasteiger partial charge in [-0.15, -0.1) is 0 Å². The highest BCUT2D eigenvalue weighted by molar-refractivity contribution is 8.19. The Balaban J connectivity index is 1.18. The summed E-state index contributed by atoms with van der Waals surface area (Å²) in [5.41, 5.74) is -5.70. The summed E-state index contributed by atoms with van der Waals surface area (Å²) in [6.45, 7) is 7.92. The van der Waals surface area contributed by atoms with Gasteiger partial charge in [0, 0.05) is 43.8 Å². The molecule has 2 saturated carbocycles. The third-order valence-corrected chi connectivity index (χ3v) is 19.0. The quantitative estimate of drug-likeness (QED) is 0.193. The van der Waals surface area contributed by atoms with Gasteiger partial charge in [-0.05, 0) is 55.9 Å². The van der Waals surface area contributed by atoms with Crippen molar-refractivity contribution in [2.45, 2.75) is 111 Å². The van der Waals surface area contributed by atoms with E-state index in [0.717, 1.165) is 19.6 Å². The van der Waals surface area contributed by atoms with Gasteiger partial charge in [-0.25, -0.2) is 4.79 Å². The third-order valence-electron chi connectivity index (χ3n) is 14.0. The van der Waals surface area contributed by atoms with Crippen molar-refractivity contribution < 1.29 is 38.7 Å². The van der Waals surface area contributed by atoms with Gasteiger partial charge in [-0.2, -0.15) is 0 Å². The molecule has 7 aliphatic rings. The summed E-state index contributed by atoms with van der Waals surface area (Å²) in [6.07, 6.45) is -3.09. The van der Waals surface area contributed by atoms with Crippen molar-refractivity contribution in [3.63, 3.8) is 0 Å². The van der Waals surface area contributed by atoms with Gasteiger partial charge in [0.15, 0.2) is 21.4 Å². The lowest BCUT2D eigenvalue weighted by atomic mass is 9.45. The number of aliphatic hydroxyl groups is 2. The zero-order valence-electron chi connectivity index (χ0n) is 31.1. The number of fused-ring (bicyclic) bond motifs is 4. The SMILES string of the molecule is CC1/C2=C(\OC3Sc4ccccc4S3)C(=O)C3(C)C(OC4Sc5ccccc5S4)CC4OCC45N(C)C35C(OC(=O)c3ccccc3)C(O)(CC1O)C2(C)C. The number of hydrogen-bond acceptors (Lipinski definition) is 13. The second-order valence-corrected chi connectivity index (χ2v) is 21.5. The molecule has 9 nitrogen and oxygen atoms in total. The van der Waals surface area contributed by atoms with Gasteiger partial charge < -0.3 is 29.2 Å². The average molecular weight is 818 g/mol. The van der Waals surface area contributed by atoms with E-state index in [1.807, 2.05) is 77.2 Å². The second-order valence-electron chi connectivity index (χ2n) is 16.5. The topological polar surface area (TPSA) is 115 Å². The Morgan fingerprint density at radius 2 is 1.44 bits per heavy atom. The van der Waals surface area contributed by atoms with E-state index in [-0.39, 0.29) is 35.4 Å². The first kappa shape index (κ1) is 36.9. The number of rotatable bonds is 6. The molecule has 3 aromatic carbocycles. The first-order valence-corrected chi connectivity index (χ1v) is 22.3. The molecule has 0 radical (unpaired) electrons. The molecule has 2 spiro atoms. The van der Waals surface area contributed by atoms with Crippen molar-refractivity contribution >= 4 is 58.8 Å². The minimum absolute atomic E-state index is 0.0837. The monoisotopic (exact) mass is 817 g/mol. The molecule has 0 amide bonds. The van der Waals surface area contributed by atoms with Crippen LogP contribution in [0.25, 0.3) is 0 Å². The van der Waals surface area contributed by atoms with Crippen molar-refractivity contribution in [1.29, 1.82) is 0 Å².